The summed E-state index contributed by atoms with van der Waals surface area (Å²) in [6.45, 7) is 0.802. The number of fused-ring (bicyclic) bond motifs is 2. The Morgan fingerprint density at radius 2 is 2.17 bits per heavy atom. The van der Waals surface area contributed by atoms with Crippen molar-refractivity contribution in [3.63, 3.8) is 0 Å². The van der Waals surface area contributed by atoms with E-state index in [-0.39, 0.29) is 11.8 Å². The minimum absolute atomic E-state index is 0.0439. The molecule has 0 saturated heterocycles. The van der Waals surface area contributed by atoms with Crippen molar-refractivity contribution in [2.45, 2.75) is 12.6 Å². The molecule has 0 radical (unpaired) electrons. The fraction of sp³-hybridized carbons (Fsp3) is 0.235. The van der Waals surface area contributed by atoms with E-state index in [1.165, 1.54) is 11.3 Å². The van der Waals surface area contributed by atoms with Gasteiger partial charge in [0.2, 0.25) is 5.91 Å². The van der Waals surface area contributed by atoms with Crippen LogP contribution in [0.3, 0.4) is 0 Å². The molecule has 7 heteroatoms. The summed E-state index contributed by atoms with van der Waals surface area (Å²) >= 11 is 1.48. The van der Waals surface area contributed by atoms with Gasteiger partial charge in [-0.2, -0.15) is 0 Å². The van der Waals surface area contributed by atoms with Crippen molar-refractivity contribution in [1.29, 1.82) is 0 Å². The van der Waals surface area contributed by atoms with Gasteiger partial charge < -0.3 is 14.8 Å². The first-order chi connectivity index (χ1) is 11.7. The summed E-state index contributed by atoms with van der Waals surface area (Å²) in [6.07, 6.45) is 3.36. The van der Waals surface area contributed by atoms with Crippen LogP contribution in [-0.4, -0.2) is 39.9 Å². The maximum absolute atomic E-state index is 12.9. The van der Waals surface area contributed by atoms with E-state index in [1.807, 2.05) is 34.9 Å². The molecule has 1 aromatic carbocycles. The summed E-state index contributed by atoms with van der Waals surface area (Å²) in [5.74, 6) is -0.166. The lowest BCUT2D eigenvalue weighted by molar-refractivity contribution is -0.124. The smallest absolute Gasteiger partial charge is 0.264 e. The zero-order valence-corrected chi connectivity index (χ0v) is 13.9. The average Bonchev–Trinajstić information content (AvgIpc) is 3.25. The van der Waals surface area contributed by atoms with Crippen LogP contribution in [0.2, 0.25) is 0 Å². The van der Waals surface area contributed by atoms with Gasteiger partial charge in [0.1, 0.15) is 6.04 Å². The molecule has 1 aliphatic heterocycles. The lowest BCUT2D eigenvalue weighted by Crippen LogP contribution is -2.45. The molecule has 24 heavy (non-hydrogen) atoms. The number of thiophene rings is 1. The van der Waals surface area contributed by atoms with Crippen molar-refractivity contribution in [3.8, 4) is 0 Å². The third-order valence-electron chi connectivity index (χ3n) is 4.30. The number of likely N-dealkylation sites (N-methyl/N-ethyl adjacent to an activating group) is 1. The van der Waals surface area contributed by atoms with E-state index in [2.05, 4.69) is 10.3 Å². The zero-order valence-electron chi connectivity index (χ0n) is 13.1. The molecule has 122 valence electrons. The molecule has 1 N–H and O–H groups in total. The van der Waals surface area contributed by atoms with Crippen LogP contribution >= 0.6 is 11.3 Å². The van der Waals surface area contributed by atoms with Gasteiger partial charge in [-0.1, -0.05) is 18.2 Å². The van der Waals surface area contributed by atoms with Gasteiger partial charge in [0.15, 0.2) is 0 Å². The molecule has 1 aliphatic rings. The fourth-order valence-electron chi connectivity index (χ4n) is 3.07. The van der Waals surface area contributed by atoms with Crippen LogP contribution in [0.4, 0.5) is 0 Å². The number of imidazole rings is 1. The van der Waals surface area contributed by atoms with E-state index in [0.717, 1.165) is 15.8 Å². The lowest BCUT2D eigenvalue weighted by atomic mass is 10.1. The Morgan fingerprint density at radius 3 is 2.96 bits per heavy atom. The number of hydrogen-bond donors (Lipinski definition) is 1. The Kier molecular flexibility index (Phi) is 3.57. The molecule has 1 atom stereocenters. The molecule has 2 amide bonds. The first kappa shape index (κ1) is 14.9. The Bertz CT molecular complexity index is 896. The van der Waals surface area contributed by atoms with Crippen molar-refractivity contribution in [2.24, 2.45) is 0 Å². The van der Waals surface area contributed by atoms with Crippen LogP contribution in [0.15, 0.2) is 42.9 Å². The quantitative estimate of drug-likeness (QED) is 0.776. The molecule has 4 rings (SSSR count). The number of carbonyl (C=O) groups is 2. The Labute approximate surface area is 142 Å². The molecule has 0 fully saturated rings. The van der Waals surface area contributed by atoms with Crippen LogP contribution in [-0.2, 0) is 11.3 Å². The van der Waals surface area contributed by atoms with Gasteiger partial charge in [0, 0.05) is 17.9 Å². The van der Waals surface area contributed by atoms with E-state index in [0.29, 0.717) is 18.0 Å². The van der Waals surface area contributed by atoms with Crippen molar-refractivity contribution in [1.82, 2.24) is 19.8 Å². The number of amides is 2. The van der Waals surface area contributed by atoms with Crippen LogP contribution in [0, 0.1) is 0 Å². The van der Waals surface area contributed by atoms with Crippen LogP contribution in [0.5, 0.6) is 0 Å². The Hall–Kier alpha value is -2.67. The summed E-state index contributed by atoms with van der Waals surface area (Å²) in [6, 6.07) is 9.41. The molecule has 1 unspecified atom stereocenters. The summed E-state index contributed by atoms with van der Waals surface area (Å²) < 4.78 is 2.93. The zero-order chi connectivity index (χ0) is 16.7. The summed E-state index contributed by atoms with van der Waals surface area (Å²) in [5, 5.41) is 3.73. The van der Waals surface area contributed by atoms with Gasteiger partial charge in [0.05, 0.1) is 30.0 Å². The minimum Gasteiger partial charge on any atom is -0.357 e. The van der Waals surface area contributed by atoms with Crippen molar-refractivity contribution in [3.05, 3.63) is 53.4 Å². The van der Waals surface area contributed by atoms with E-state index in [4.69, 9.17) is 0 Å². The second kappa shape index (κ2) is 5.76. The molecule has 6 nitrogen and oxygen atoms in total. The first-order valence-electron chi connectivity index (χ1n) is 7.67. The number of carbonyl (C=O) groups excluding carboxylic acids is 2. The summed E-state index contributed by atoms with van der Waals surface area (Å²) in [4.78, 5) is 31.6. The van der Waals surface area contributed by atoms with Crippen LogP contribution < -0.4 is 5.32 Å². The van der Waals surface area contributed by atoms with Gasteiger partial charge in [-0.15, -0.1) is 11.3 Å². The molecule has 3 aromatic rings. The van der Waals surface area contributed by atoms with Crippen molar-refractivity contribution in [2.75, 3.05) is 13.6 Å². The minimum atomic E-state index is -0.445. The molecule has 2 aromatic heterocycles. The van der Waals surface area contributed by atoms with Gasteiger partial charge in [-0.05, 0) is 17.5 Å². The van der Waals surface area contributed by atoms with Gasteiger partial charge in [-0.3, -0.25) is 9.59 Å². The summed E-state index contributed by atoms with van der Waals surface area (Å²) in [5.41, 5.74) is 0.865. The number of rotatable bonds is 2. The third-order valence-corrected chi connectivity index (χ3v) is 5.40. The van der Waals surface area contributed by atoms with E-state index in [9.17, 15) is 9.59 Å². The predicted octanol–water partition coefficient (Wildman–Crippen LogP) is 2.04. The third kappa shape index (κ3) is 2.37. The second-order valence-corrected chi connectivity index (χ2v) is 6.84. The number of nitrogens with zero attached hydrogens (tertiary/aromatic N) is 3. The highest BCUT2D eigenvalue weighted by atomic mass is 32.1. The van der Waals surface area contributed by atoms with E-state index in [1.54, 1.807) is 24.5 Å². The van der Waals surface area contributed by atoms with E-state index < -0.39 is 6.04 Å². The van der Waals surface area contributed by atoms with Crippen molar-refractivity contribution >= 4 is 33.2 Å². The summed E-state index contributed by atoms with van der Waals surface area (Å²) in [7, 11) is 1.60. The molecular weight excluding hydrogens is 324 g/mol. The highest BCUT2D eigenvalue weighted by Crippen LogP contribution is 2.29. The monoisotopic (exact) mass is 340 g/mol. The predicted molar refractivity (Wildman–Crippen MR) is 91.9 cm³/mol. The Balaban J connectivity index is 1.66. The lowest BCUT2D eigenvalue weighted by Gasteiger charge is -2.33. The molecule has 0 aliphatic carbocycles. The van der Waals surface area contributed by atoms with Crippen LogP contribution in [0.1, 0.15) is 21.4 Å². The first-order valence-corrected chi connectivity index (χ1v) is 8.49. The average molecular weight is 340 g/mol. The standard InChI is InChI=1S/C17H16N4O2S/c1-18-16(22)13-9-20(8-12-7-19-10-21(12)13)17(23)15-6-11-4-2-3-5-14(11)24-15/h2-7,10,13H,8-9H2,1H3,(H,18,22). The fourth-order valence-corrected chi connectivity index (χ4v) is 4.10. The highest BCUT2D eigenvalue weighted by molar-refractivity contribution is 7.20. The molecular formula is C17H16N4O2S. The number of nitrogens with one attached hydrogen (secondary N) is 1. The van der Waals surface area contributed by atoms with Crippen molar-refractivity contribution < 1.29 is 9.59 Å². The highest BCUT2D eigenvalue weighted by Gasteiger charge is 2.32. The van der Waals surface area contributed by atoms with Crippen LogP contribution in [0.25, 0.3) is 10.1 Å². The molecule has 0 bridgehead atoms. The molecule has 0 spiro atoms. The largest absolute Gasteiger partial charge is 0.357 e. The number of hydrogen-bond acceptors (Lipinski definition) is 4. The maximum atomic E-state index is 12.9. The van der Waals surface area contributed by atoms with E-state index >= 15 is 0 Å². The number of aromatic nitrogens is 2. The number of benzene rings is 1. The topological polar surface area (TPSA) is 67.2 Å². The Morgan fingerprint density at radius 1 is 1.33 bits per heavy atom. The molecule has 0 saturated carbocycles. The SMILES string of the molecule is CNC(=O)C1CN(C(=O)c2cc3ccccc3s2)Cc2cncn21. The maximum Gasteiger partial charge on any atom is 0.264 e. The van der Waals surface area contributed by atoms with Gasteiger partial charge in [0.25, 0.3) is 5.91 Å². The normalized spacial score (nSPS) is 16.9. The molecule has 3 heterocycles. The second-order valence-electron chi connectivity index (χ2n) is 5.76. The van der Waals surface area contributed by atoms with Gasteiger partial charge in [-0.25, -0.2) is 4.98 Å². The van der Waals surface area contributed by atoms with Gasteiger partial charge >= 0.3 is 0 Å².